The Morgan fingerprint density at radius 2 is 1.70 bits per heavy atom. The van der Waals surface area contributed by atoms with Gasteiger partial charge in [0.2, 0.25) is 0 Å². The number of hydrogen-bond acceptors (Lipinski definition) is 4. The van der Waals surface area contributed by atoms with Crippen LogP contribution in [0.4, 0.5) is 0 Å². The van der Waals surface area contributed by atoms with Gasteiger partial charge in [0.1, 0.15) is 19.6 Å². The second-order valence-electron chi connectivity index (χ2n) is 7.84. The number of carbonyl (C=O) groups is 2. The Kier molecular flexibility index (Phi) is 7.99. The maximum atomic E-state index is 12.4. The largest absolute Gasteiger partial charge is 0.449 e. The van der Waals surface area contributed by atoms with E-state index in [1.54, 1.807) is 19.1 Å². The average Bonchev–Trinajstić information content (AvgIpc) is 2.79. The molecule has 0 spiro atoms. The molecule has 6 nitrogen and oxygen atoms in total. The molecule has 1 aliphatic heterocycles. The molecule has 0 aromatic heterocycles. The van der Waals surface area contributed by atoms with E-state index in [-0.39, 0.29) is 11.8 Å². The molecule has 0 unspecified atom stereocenters. The van der Waals surface area contributed by atoms with Crippen molar-refractivity contribution in [2.45, 2.75) is 32.4 Å². The highest BCUT2D eigenvalue weighted by atomic mass is 16.5. The van der Waals surface area contributed by atoms with Crippen molar-refractivity contribution >= 4 is 11.9 Å². The van der Waals surface area contributed by atoms with E-state index in [4.69, 9.17) is 9.47 Å². The minimum Gasteiger partial charge on any atom is -0.449 e. The molecular formula is C24H31N2O4+. The molecular weight excluding hydrogens is 380 g/mol. The second kappa shape index (κ2) is 10.9. The van der Waals surface area contributed by atoms with E-state index in [1.165, 1.54) is 10.5 Å². The summed E-state index contributed by atoms with van der Waals surface area (Å²) >= 11 is 0. The van der Waals surface area contributed by atoms with Gasteiger partial charge in [0.15, 0.2) is 6.10 Å². The average molecular weight is 412 g/mol. The molecule has 1 fully saturated rings. The molecule has 1 aliphatic rings. The lowest BCUT2D eigenvalue weighted by atomic mass is 10.0. The van der Waals surface area contributed by atoms with E-state index in [2.05, 4.69) is 5.32 Å². The molecule has 0 saturated carbocycles. The van der Waals surface area contributed by atoms with Crippen LogP contribution in [0, 0.1) is 0 Å². The normalized spacial score (nSPS) is 16.5. The minimum absolute atomic E-state index is 0.180. The molecule has 2 aromatic rings. The van der Waals surface area contributed by atoms with Crippen LogP contribution in [0.2, 0.25) is 0 Å². The van der Waals surface area contributed by atoms with Crippen molar-refractivity contribution in [2.24, 2.45) is 0 Å². The Morgan fingerprint density at radius 1 is 1.03 bits per heavy atom. The molecule has 1 saturated heterocycles. The van der Waals surface area contributed by atoms with Crippen LogP contribution in [0.15, 0.2) is 54.6 Å². The number of hydrogen-bond donors (Lipinski definition) is 2. The summed E-state index contributed by atoms with van der Waals surface area (Å²) in [6, 6.07) is 17.4. The molecule has 30 heavy (non-hydrogen) atoms. The summed E-state index contributed by atoms with van der Waals surface area (Å²) in [4.78, 5) is 26.2. The number of ether oxygens (including phenoxy) is 2. The van der Waals surface area contributed by atoms with Gasteiger partial charge in [0.25, 0.3) is 5.91 Å². The Bertz CT molecular complexity index is 817. The fourth-order valence-corrected chi connectivity index (χ4v) is 3.46. The Labute approximate surface area is 178 Å². The third kappa shape index (κ3) is 6.40. The number of esters is 1. The lowest BCUT2D eigenvalue weighted by Crippen LogP contribution is -3.12. The Hall–Kier alpha value is -2.70. The predicted molar refractivity (Wildman–Crippen MR) is 114 cm³/mol. The lowest BCUT2D eigenvalue weighted by molar-refractivity contribution is -0.921. The molecule has 0 radical (unpaired) electrons. The molecule has 2 aromatic carbocycles. The van der Waals surface area contributed by atoms with Crippen molar-refractivity contribution in [3.05, 3.63) is 71.3 Å². The summed E-state index contributed by atoms with van der Waals surface area (Å²) < 4.78 is 10.7. The fourth-order valence-electron chi connectivity index (χ4n) is 3.46. The Balaban J connectivity index is 1.45. The highest BCUT2D eigenvalue weighted by molar-refractivity contribution is 5.92. The van der Waals surface area contributed by atoms with Crippen LogP contribution in [0.3, 0.4) is 0 Å². The summed E-state index contributed by atoms with van der Waals surface area (Å²) in [5, 5.41) is 2.86. The van der Waals surface area contributed by atoms with E-state index < -0.39 is 12.1 Å². The number of benzene rings is 2. The first-order valence-electron chi connectivity index (χ1n) is 10.6. The number of nitrogens with one attached hydrogen (secondary N) is 2. The number of rotatable bonds is 8. The predicted octanol–water partition coefficient (Wildman–Crippen LogP) is 1.57. The molecule has 3 rings (SSSR count). The monoisotopic (exact) mass is 411 g/mol. The summed E-state index contributed by atoms with van der Waals surface area (Å²) in [7, 11) is 0. The van der Waals surface area contributed by atoms with Gasteiger partial charge < -0.3 is 19.7 Å². The van der Waals surface area contributed by atoms with Crippen LogP contribution in [0.25, 0.3) is 0 Å². The third-order valence-corrected chi connectivity index (χ3v) is 5.45. The van der Waals surface area contributed by atoms with E-state index >= 15 is 0 Å². The topological polar surface area (TPSA) is 69.1 Å². The molecule has 0 aliphatic carbocycles. The first-order valence-corrected chi connectivity index (χ1v) is 10.6. The molecule has 1 heterocycles. The van der Waals surface area contributed by atoms with Gasteiger partial charge in [-0.25, -0.2) is 4.79 Å². The molecule has 6 heteroatoms. The van der Waals surface area contributed by atoms with E-state index in [1.807, 2.05) is 49.4 Å². The zero-order chi connectivity index (χ0) is 21.3. The van der Waals surface area contributed by atoms with E-state index in [0.717, 1.165) is 38.4 Å². The van der Waals surface area contributed by atoms with Gasteiger partial charge in [0, 0.05) is 12.1 Å². The van der Waals surface area contributed by atoms with Crippen LogP contribution >= 0.6 is 0 Å². The zero-order valence-electron chi connectivity index (χ0n) is 17.7. The number of quaternary nitrogens is 1. The summed E-state index contributed by atoms with van der Waals surface area (Å²) in [6.07, 6.45) is -0.849. The summed E-state index contributed by atoms with van der Waals surface area (Å²) in [6.45, 7) is 8.63. The van der Waals surface area contributed by atoms with Crippen LogP contribution in [0.1, 0.15) is 41.3 Å². The Morgan fingerprint density at radius 3 is 2.37 bits per heavy atom. The first kappa shape index (κ1) is 22.0. The van der Waals surface area contributed by atoms with Crippen molar-refractivity contribution in [3.63, 3.8) is 0 Å². The molecule has 1 amide bonds. The van der Waals surface area contributed by atoms with Crippen LogP contribution in [0.5, 0.6) is 0 Å². The van der Waals surface area contributed by atoms with Crippen molar-refractivity contribution < 1.29 is 24.0 Å². The van der Waals surface area contributed by atoms with Gasteiger partial charge in [-0.1, -0.05) is 49.4 Å². The molecule has 160 valence electrons. The number of carbonyl (C=O) groups excluding carboxylic acids is 2. The van der Waals surface area contributed by atoms with Crippen molar-refractivity contribution in [3.8, 4) is 0 Å². The van der Waals surface area contributed by atoms with Crippen molar-refractivity contribution in [1.29, 1.82) is 0 Å². The first-order chi connectivity index (χ1) is 14.5. The van der Waals surface area contributed by atoms with Crippen LogP contribution in [-0.2, 0) is 20.8 Å². The van der Waals surface area contributed by atoms with Crippen LogP contribution in [-0.4, -0.2) is 50.8 Å². The quantitative estimate of drug-likeness (QED) is 0.647. The van der Waals surface area contributed by atoms with Gasteiger partial charge in [-0.05, 0) is 30.5 Å². The zero-order valence-corrected chi connectivity index (χ0v) is 17.7. The third-order valence-electron chi connectivity index (χ3n) is 5.45. The number of amides is 1. The highest BCUT2D eigenvalue weighted by Gasteiger charge is 2.20. The van der Waals surface area contributed by atoms with Crippen LogP contribution < -0.4 is 10.2 Å². The van der Waals surface area contributed by atoms with Gasteiger partial charge >= 0.3 is 5.97 Å². The SMILES string of the molecule is C[C@H](OC(=O)c1ccc(C[NH+]2CCOCC2)cc1)C(=O)NC[C@@H](C)c1ccccc1. The van der Waals surface area contributed by atoms with E-state index in [9.17, 15) is 9.59 Å². The molecule has 0 bridgehead atoms. The second-order valence-corrected chi connectivity index (χ2v) is 7.84. The minimum atomic E-state index is -0.849. The van der Waals surface area contributed by atoms with Gasteiger partial charge in [-0.3, -0.25) is 4.79 Å². The standard InChI is InChI=1S/C24H30N2O4/c1-18(21-6-4-3-5-7-21)16-25-23(27)19(2)30-24(28)22-10-8-20(9-11-22)17-26-12-14-29-15-13-26/h3-11,18-19H,12-17H2,1-2H3,(H,25,27)/p+1/t18-,19+/m1/s1. The van der Waals surface area contributed by atoms with Gasteiger partial charge in [-0.2, -0.15) is 0 Å². The van der Waals surface area contributed by atoms with Crippen molar-refractivity contribution in [2.75, 3.05) is 32.8 Å². The van der Waals surface area contributed by atoms with Crippen molar-refractivity contribution in [1.82, 2.24) is 5.32 Å². The number of morpholine rings is 1. The molecule has 2 N–H and O–H groups in total. The lowest BCUT2D eigenvalue weighted by Gasteiger charge is -2.23. The smallest absolute Gasteiger partial charge is 0.338 e. The van der Waals surface area contributed by atoms with E-state index in [0.29, 0.717) is 12.1 Å². The highest BCUT2D eigenvalue weighted by Crippen LogP contribution is 2.13. The summed E-state index contributed by atoms with van der Waals surface area (Å²) in [5.41, 5.74) is 2.78. The maximum absolute atomic E-state index is 12.4. The molecule has 2 atom stereocenters. The summed E-state index contributed by atoms with van der Waals surface area (Å²) in [5.74, 6) is -0.600. The fraction of sp³-hybridized carbons (Fsp3) is 0.417. The van der Waals surface area contributed by atoms with Gasteiger partial charge in [-0.15, -0.1) is 0 Å². The van der Waals surface area contributed by atoms with Gasteiger partial charge in [0.05, 0.1) is 18.8 Å². The maximum Gasteiger partial charge on any atom is 0.338 e.